The zero-order valence-electron chi connectivity index (χ0n) is 14.9. The molecule has 0 fully saturated rings. The first kappa shape index (κ1) is 17.9. The van der Waals surface area contributed by atoms with Crippen LogP contribution in [-0.4, -0.2) is 37.9 Å². The van der Waals surface area contributed by atoms with E-state index in [2.05, 4.69) is 4.37 Å². The first-order valence-corrected chi connectivity index (χ1v) is 8.58. The van der Waals surface area contributed by atoms with Crippen molar-refractivity contribution in [1.82, 2.24) is 4.37 Å². The molecule has 0 saturated carbocycles. The van der Waals surface area contributed by atoms with Crippen molar-refractivity contribution in [1.29, 1.82) is 0 Å². The molecule has 2 aromatic carbocycles. The molecular formula is C19H19NO5S. The maximum absolute atomic E-state index is 10.1. The van der Waals surface area contributed by atoms with Crippen molar-refractivity contribution < 1.29 is 24.1 Å². The smallest absolute Gasteiger partial charge is 0.164 e. The van der Waals surface area contributed by atoms with E-state index in [1.165, 1.54) is 18.6 Å². The summed E-state index contributed by atoms with van der Waals surface area (Å²) in [6, 6.07) is 8.85. The van der Waals surface area contributed by atoms with Gasteiger partial charge in [0.15, 0.2) is 23.0 Å². The summed E-state index contributed by atoms with van der Waals surface area (Å²) in [6.07, 6.45) is 0. The largest absolute Gasteiger partial charge is 0.504 e. The molecule has 0 radical (unpaired) electrons. The minimum Gasteiger partial charge on any atom is -0.504 e. The van der Waals surface area contributed by atoms with Crippen LogP contribution in [0.25, 0.3) is 22.4 Å². The fourth-order valence-electron chi connectivity index (χ4n) is 2.71. The standard InChI is InChI=1S/C19H19NO5S/c1-22-15-6-5-11(7-14(15)21)13-10-26-20-19(13)12-8-17(24-3)18(25-4)9-16(12)23-2/h5-10,21H,1-4H3. The monoisotopic (exact) mass is 373 g/mol. The number of aromatic hydroxyl groups is 1. The summed E-state index contributed by atoms with van der Waals surface area (Å²) >= 11 is 1.32. The van der Waals surface area contributed by atoms with Crippen LogP contribution in [0.3, 0.4) is 0 Å². The summed E-state index contributed by atoms with van der Waals surface area (Å²) in [5.74, 6) is 2.27. The molecule has 0 amide bonds. The van der Waals surface area contributed by atoms with Gasteiger partial charge in [0.25, 0.3) is 0 Å². The van der Waals surface area contributed by atoms with E-state index in [1.807, 2.05) is 17.5 Å². The Morgan fingerprint density at radius 3 is 2.04 bits per heavy atom. The maximum Gasteiger partial charge on any atom is 0.164 e. The predicted molar refractivity (Wildman–Crippen MR) is 101 cm³/mol. The lowest BCUT2D eigenvalue weighted by atomic mass is 10.0. The van der Waals surface area contributed by atoms with Gasteiger partial charge in [0.05, 0.1) is 34.1 Å². The molecule has 3 rings (SSSR count). The Kier molecular flexibility index (Phi) is 5.18. The fraction of sp³-hybridized carbons (Fsp3) is 0.211. The van der Waals surface area contributed by atoms with Crippen molar-refractivity contribution in [3.8, 4) is 51.1 Å². The van der Waals surface area contributed by atoms with Crippen LogP contribution < -0.4 is 18.9 Å². The zero-order valence-corrected chi connectivity index (χ0v) is 15.7. The van der Waals surface area contributed by atoms with Crippen molar-refractivity contribution in [3.63, 3.8) is 0 Å². The Labute approximate surface area is 155 Å². The number of rotatable bonds is 6. The number of phenolic OH excluding ortho intramolecular Hbond substituents is 1. The van der Waals surface area contributed by atoms with Gasteiger partial charge in [-0.2, -0.15) is 4.37 Å². The molecule has 0 aliphatic carbocycles. The van der Waals surface area contributed by atoms with Crippen LogP contribution in [0.4, 0.5) is 0 Å². The number of nitrogens with zero attached hydrogens (tertiary/aromatic N) is 1. The van der Waals surface area contributed by atoms with E-state index in [-0.39, 0.29) is 5.75 Å². The fourth-order valence-corrected chi connectivity index (χ4v) is 3.42. The van der Waals surface area contributed by atoms with Crippen LogP contribution in [-0.2, 0) is 0 Å². The minimum absolute atomic E-state index is 0.0708. The van der Waals surface area contributed by atoms with Crippen LogP contribution in [0.15, 0.2) is 35.7 Å². The molecule has 0 atom stereocenters. The second kappa shape index (κ2) is 7.53. The Balaban J connectivity index is 2.15. The molecule has 0 aliphatic rings. The molecule has 7 heteroatoms. The van der Waals surface area contributed by atoms with Crippen molar-refractivity contribution in [2.75, 3.05) is 28.4 Å². The summed E-state index contributed by atoms with van der Waals surface area (Å²) < 4.78 is 25.9. The van der Waals surface area contributed by atoms with Gasteiger partial charge in [-0.05, 0) is 35.3 Å². The van der Waals surface area contributed by atoms with Gasteiger partial charge in [-0.15, -0.1) is 0 Å². The molecule has 0 aliphatic heterocycles. The molecule has 1 N–H and O–H groups in total. The van der Waals surface area contributed by atoms with Crippen molar-refractivity contribution in [2.24, 2.45) is 0 Å². The molecule has 0 bridgehead atoms. The van der Waals surface area contributed by atoms with Gasteiger partial charge >= 0.3 is 0 Å². The average molecular weight is 373 g/mol. The summed E-state index contributed by atoms with van der Waals surface area (Å²) in [4.78, 5) is 0. The normalized spacial score (nSPS) is 10.5. The highest BCUT2D eigenvalue weighted by Crippen LogP contribution is 2.44. The molecule has 0 spiro atoms. The highest BCUT2D eigenvalue weighted by atomic mass is 32.1. The SMILES string of the molecule is COc1ccc(-c2csnc2-c2cc(OC)c(OC)cc2OC)cc1O. The zero-order chi connectivity index (χ0) is 18.7. The first-order valence-electron chi connectivity index (χ1n) is 7.75. The molecule has 6 nitrogen and oxygen atoms in total. The lowest BCUT2D eigenvalue weighted by Gasteiger charge is -2.14. The Bertz CT molecular complexity index is 922. The molecule has 1 heterocycles. The van der Waals surface area contributed by atoms with E-state index < -0.39 is 0 Å². The second-order valence-corrected chi connectivity index (χ2v) is 6.00. The van der Waals surface area contributed by atoms with E-state index in [1.54, 1.807) is 39.5 Å². The van der Waals surface area contributed by atoms with Gasteiger partial charge in [0, 0.05) is 22.6 Å². The van der Waals surface area contributed by atoms with Crippen LogP contribution in [0, 0.1) is 0 Å². The summed E-state index contributed by atoms with van der Waals surface area (Å²) in [7, 11) is 6.26. The van der Waals surface area contributed by atoms with E-state index in [0.29, 0.717) is 23.0 Å². The Hall–Kier alpha value is -2.93. The van der Waals surface area contributed by atoms with Crippen molar-refractivity contribution >= 4 is 11.5 Å². The number of hydrogen-bond acceptors (Lipinski definition) is 7. The lowest BCUT2D eigenvalue weighted by molar-refractivity contribution is 0.349. The van der Waals surface area contributed by atoms with Crippen molar-refractivity contribution in [3.05, 3.63) is 35.7 Å². The number of benzene rings is 2. The van der Waals surface area contributed by atoms with Gasteiger partial charge in [-0.1, -0.05) is 6.07 Å². The summed E-state index contributed by atoms with van der Waals surface area (Å²) in [5.41, 5.74) is 3.21. The van der Waals surface area contributed by atoms with Gasteiger partial charge in [0.2, 0.25) is 0 Å². The third-order valence-electron chi connectivity index (χ3n) is 4.02. The van der Waals surface area contributed by atoms with E-state index in [0.717, 1.165) is 22.4 Å². The van der Waals surface area contributed by atoms with E-state index >= 15 is 0 Å². The molecule has 3 aromatic rings. The van der Waals surface area contributed by atoms with E-state index in [9.17, 15) is 5.11 Å². The lowest BCUT2D eigenvalue weighted by Crippen LogP contribution is -1.95. The Morgan fingerprint density at radius 2 is 1.42 bits per heavy atom. The van der Waals surface area contributed by atoms with Crippen LogP contribution in [0.2, 0.25) is 0 Å². The highest BCUT2D eigenvalue weighted by molar-refractivity contribution is 7.04. The minimum atomic E-state index is 0.0708. The van der Waals surface area contributed by atoms with Gasteiger partial charge in [-0.3, -0.25) is 0 Å². The van der Waals surface area contributed by atoms with Crippen LogP contribution in [0.1, 0.15) is 0 Å². The third-order valence-corrected chi connectivity index (χ3v) is 4.65. The summed E-state index contributed by atoms with van der Waals surface area (Å²) in [6.45, 7) is 0. The maximum atomic E-state index is 10.1. The third kappa shape index (κ3) is 3.13. The molecule has 0 unspecified atom stereocenters. The summed E-state index contributed by atoms with van der Waals surface area (Å²) in [5, 5.41) is 12.0. The predicted octanol–water partition coefficient (Wildman–Crippen LogP) is 4.22. The first-order chi connectivity index (χ1) is 12.6. The highest BCUT2D eigenvalue weighted by Gasteiger charge is 2.19. The Morgan fingerprint density at radius 1 is 0.769 bits per heavy atom. The van der Waals surface area contributed by atoms with Gasteiger partial charge in [0.1, 0.15) is 5.75 Å². The topological polar surface area (TPSA) is 70.0 Å². The number of aromatic nitrogens is 1. The van der Waals surface area contributed by atoms with E-state index in [4.69, 9.17) is 18.9 Å². The van der Waals surface area contributed by atoms with Gasteiger partial charge < -0.3 is 24.1 Å². The molecular weight excluding hydrogens is 354 g/mol. The quantitative estimate of drug-likeness (QED) is 0.698. The second-order valence-electron chi connectivity index (χ2n) is 5.37. The number of ether oxygens (including phenoxy) is 4. The average Bonchev–Trinajstić information content (AvgIpc) is 3.16. The number of hydrogen-bond donors (Lipinski definition) is 1. The molecule has 0 saturated heterocycles. The van der Waals surface area contributed by atoms with Crippen LogP contribution in [0.5, 0.6) is 28.7 Å². The molecule has 26 heavy (non-hydrogen) atoms. The number of methoxy groups -OCH3 is 4. The number of phenols is 1. The van der Waals surface area contributed by atoms with Crippen molar-refractivity contribution in [2.45, 2.75) is 0 Å². The molecule has 1 aromatic heterocycles. The van der Waals surface area contributed by atoms with Crippen LogP contribution >= 0.6 is 11.5 Å². The molecule has 136 valence electrons. The van der Waals surface area contributed by atoms with Gasteiger partial charge in [-0.25, -0.2) is 0 Å².